The lowest BCUT2D eigenvalue weighted by Gasteiger charge is -2.14. The number of benzene rings is 2. The van der Waals surface area contributed by atoms with E-state index in [9.17, 15) is 9.50 Å². The molecule has 0 spiro atoms. The van der Waals surface area contributed by atoms with Gasteiger partial charge in [0.1, 0.15) is 11.9 Å². The summed E-state index contributed by atoms with van der Waals surface area (Å²) in [7, 11) is 0. The highest BCUT2D eigenvalue weighted by Crippen LogP contribution is 2.25. The summed E-state index contributed by atoms with van der Waals surface area (Å²) in [6, 6.07) is 14.4. The number of halogens is 1. The Balaban J connectivity index is 1.95. The molecule has 0 fully saturated rings. The molecule has 0 aliphatic heterocycles. The van der Waals surface area contributed by atoms with Crippen molar-refractivity contribution in [2.24, 2.45) is 0 Å². The zero-order valence-electron chi connectivity index (χ0n) is 11.8. The number of aliphatic hydroxyl groups is 1. The van der Waals surface area contributed by atoms with Gasteiger partial charge in [-0.1, -0.05) is 30.3 Å². The fourth-order valence-electron chi connectivity index (χ4n) is 2.60. The Bertz CT molecular complexity index is 780. The molecule has 2 nitrogen and oxygen atoms in total. The Hall–Kier alpha value is -2.26. The summed E-state index contributed by atoms with van der Waals surface area (Å²) in [5.41, 5.74) is 2.43. The number of hydrogen-bond donors (Lipinski definition) is 1. The van der Waals surface area contributed by atoms with Gasteiger partial charge in [-0.15, -0.1) is 0 Å². The van der Waals surface area contributed by atoms with Crippen molar-refractivity contribution in [3.05, 3.63) is 77.4 Å². The molecule has 1 unspecified atom stereocenters. The van der Waals surface area contributed by atoms with E-state index in [0.29, 0.717) is 12.1 Å². The van der Waals surface area contributed by atoms with Crippen molar-refractivity contribution in [3.8, 4) is 0 Å². The first-order valence-electron chi connectivity index (χ1n) is 6.92. The fourth-order valence-corrected chi connectivity index (χ4v) is 2.60. The largest absolute Gasteiger partial charge is 0.386 e. The third-order valence-electron chi connectivity index (χ3n) is 3.74. The number of pyridine rings is 1. The van der Waals surface area contributed by atoms with Crippen LogP contribution in [0.4, 0.5) is 4.39 Å². The van der Waals surface area contributed by atoms with Crippen molar-refractivity contribution >= 4 is 10.8 Å². The van der Waals surface area contributed by atoms with Gasteiger partial charge in [-0.25, -0.2) is 4.39 Å². The summed E-state index contributed by atoms with van der Waals surface area (Å²) < 4.78 is 13.1. The summed E-state index contributed by atoms with van der Waals surface area (Å²) in [5, 5.41) is 12.5. The quantitative estimate of drug-likeness (QED) is 0.788. The molecule has 3 rings (SSSR count). The molecule has 0 bridgehead atoms. The number of aromatic nitrogens is 1. The van der Waals surface area contributed by atoms with Crippen molar-refractivity contribution in [2.75, 3.05) is 0 Å². The molecule has 1 heterocycles. The Kier molecular flexibility index (Phi) is 3.67. The van der Waals surface area contributed by atoms with Gasteiger partial charge in [-0.2, -0.15) is 0 Å². The monoisotopic (exact) mass is 281 g/mol. The minimum Gasteiger partial charge on any atom is -0.386 e. The summed E-state index contributed by atoms with van der Waals surface area (Å²) >= 11 is 0. The zero-order valence-corrected chi connectivity index (χ0v) is 11.8. The van der Waals surface area contributed by atoms with Gasteiger partial charge < -0.3 is 5.11 Å². The van der Waals surface area contributed by atoms with E-state index in [1.165, 1.54) is 12.1 Å². The van der Waals surface area contributed by atoms with E-state index >= 15 is 0 Å². The lowest BCUT2D eigenvalue weighted by atomic mass is 9.98. The third kappa shape index (κ3) is 2.78. The first-order chi connectivity index (χ1) is 10.1. The van der Waals surface area contributed by atoms with Gasteiger partial charge in [0.25, 0.3) is 0 Å². The van der Waals surface area contributed by atoms with Gasteiger partial charge in [-0.05, 0) is 41.6 Å². The van der Waals surface area contributed by atoms with Crippen LogP contribution < -0.4 is 0 Å². The van der Waals surface area contributed by atoms with E-state index < -0.39 is 6.10 Å². The van der Waals surface area contributed by atoms with Gasteiger partial charge in [0.05, 0.1) is 5.69 Å². The molecule has 0 saturated carbocycles. The second-order valence-corrected chi connectivity index (χ2v) is 5.21. The molecule has 1 aromatic heterocycles. The maximum atomic E-state index is 13.1. The lowest BCUT2D eigenvalue weighted by molar-refractivity contribution is 0.175. The van der Waals surface area contributed by atoms with Gasteiger partial charge in [-0.3, -0.25) is 4.98 Å². The standard InChI is InChI=1S/C18H16FNO/c1-12-10-15(19)7-6-14(12)11-17(21)18-16-5-3-2-4-13(16)8-9-20-18/h2-10,17,21H,11H2,1H3. The molecule has 0 radical (unpaired) electrons. The topological polar surface area (TPSA) is 33.1 Å². The Labute approximate surface area is 122 Å². The molecule has 1 atom stereocenters. The van der Waals surface area contributed by atoms with Gasteiger partial charge in [0, 0.05) is 18.0 Å². The van der Waals surface area contributed by atoms with Gasteiger partial charge >= 0.3 is 0 Å². The number of aryl methyl sites for hydroxylation is 1. The minimum absolute atomic E-state index is 0.256. The van der Waals surface area contributed by atoms with E-state index in [-0.39, 0.29) is 5.82 Å². The maximum Gasteiger partial charge on any atom is 0.123 e. The molecular weight excluding hydrogens is 265 g/mol. The average molecular weight is 281 g/mol. The van der Waals surface area contributed by atoms with Gasteiger partial charge in [0.15, 0.2) is 0 Å². The zero-order chi connectivity index (χ0) is 14.8. The van der Waals surface area contributed by atoms with Crippen LogP contribution >= 0.6 is 0 Å². The molecular formula is C18H16FNO. The van der Waals surface area contributed by atoms with Crippen LogP contribution in [-0.2, 0) is 6.42 Å². The van der Waals surface area contributed by atoms with Crippen LogP contribution in [-0.4, -0.2) is 10.1 Å². The first kappa shape index (κ1) is 13.7. The predicted octanol–water partition coefficient (Wildman–Crippen LogP) is 3.96. The average Bonchev–Trinajstić information content (AvgIpc) is 2.49. The first-order valence-corrected chi connectivity index (χ1v) is 6.92. The third-order valence-corrected chi connectivity index (χ3v) is 3.74. The summed E-state index contributed by atoms with van der Waals surface area (Å²) in [6.45, 7) is 1.85. The SMILES string of the molecule is Cc1cc(F)ccc1CC(O)c1nccc2ccccc12. The molecule has 0 aliphatic carbocycles. The van der Waals surface area contributed by atoms with E-state index in [1.807, 2.05) is 37.3 Å². The van der Waals surface area contributed by atoms with Gasteiger partial charge in [0.2, 0.25) is 0 Å². The van der Waals surface area contributed by atoms with E-state index in [2.05, 4.69) is 4.98 Å². The number of aliphatic hydroxyl groups excluding tert-OH is 1. The molecule has 3 aromatic rings. The van der Waals surface area contributed by atoms with E-state index in [4.69, 9.17) is 0 Å². The van der Waals surface area contributed by atoms with Crippen LogP contribution in [0.2, 0.25) is 0 Å². The summed E-state index contributed by atoms with van der Waals surface area (Å²) in [4.78, 5) is 4.33. The second kappa shape index (κ2) is 5.62. The number of rotatable bonds is 3. The van der Waals surface area contributed by atoms with Crippen LogP contribution in [0.5, 0.6) is 0 Å². The molecule has 0 saturated heterocycles. The Morgan fingerprint density at radius 3 is 2.76 bits per heavy atom. The Morgan fingerprint density at radius 2 is 1.95 bits per heavy atom. The predicted molar refractivity (Wildman–Crippen MR) is 81.5 cm³/mol. The smallest absolute Gasteiger partial charge is 0.123 e. The van der Waals surface area contributed by atoms with Crippen LogP contribution in [0.1, 0.15) is 22.9 Å². The van der Waals surface area contributed by atoms with Crippen molar-refractivity contribution in [2.45, 2.75) is 19.4 Å². The molecule has 0 amide bonds. The highest BCUT2D eigenvalue weighted by molar-refractivity contribution is 5.84. The second-order valence-electron chi connectivity index (χ2n) is 5.21. The van der Waals surface area contributed by atoms with Crippen LogP contribution in [0.3, 0.4) is 0 Å². The normalized spacial score (nSPS) is 12.5. The molecule has 0 aliphatic rings. The molecule has 21 heavy (non-hydrogen) atoms. The van der Waals surface area contributed by atoms with Crippen LogP contribution in [0.25, 0.3) is 10.8 Å². The van der Waals surface area contributed by atoms with Crippen molar-refractivity contribution in [1.29, 1.82) is 0 Å². The fraction of sp³-hybridized carbons (Fsp3) is 0.167. The van der Waals surface area contributed by atoms with E-state index in [0.717, 1.165) is 21.9 Å². The number of nitrogens with zero attached hydrogens (tertiary/aromatic N) is 1. The summed E-state index contributed by atoms with van der Waals surface area (Å²) in [5.74, 6) is -0.256. The molecule has 3 heteroatoms. The van der Waals surface area contributed by atoms with Crippen molar-refractivity contribution < 1.29 is 9.50 Å². The maximum absolute atomic E-state index is 13.1. The highest BCUT2D eigenvalue weighted by Gasteiger charge is 2.14. The lowest BCUT2D eigenvalue weighted by Crippen LogP contribution is -2.06. The highest BCUT2D eigenvalue weighted by atomic mass is 19.1. The van der Waals surface area contributed by atoms with E-state index in [1.54, 1.807) is 12.3 Å². The van der Waals surface area contributed by atoms with Crippen LogP contribution in [0, 0.1) is 12.7 Å². The molecule has 1 N–H and O–H groups in total. The molecule has 2 aromatic carbocycles. The van der Waals surface area contributed by atoms with Crippen molar-refractivity contribution in [1.82, 2.24) is 4.98 Å². The number of hydrogen-bond acceptors (Lipinski definition) is 2. The minimum atomic E-state index is -0.708. The number of fused-ring (bicyclic) bond motifs is 1. The summed E-state index contributed by atoms with van der Waals surface area (Å²) in [6.07, 6.45) is 1.42. The van der Waals surface area contributed by atoms with Crippen molar-refractivity contribution in [3.63, 3.8) is 0 Å². The molecule has 106 valence electrons. The van der Waals surface area contributed by atoms with Crippen LogP contribution in [0.15, 0.2) is 54.7 Å². The Morgan fingerprint density at radius 1 is 1.14 bits per heavy atom.